The maximum absolute atomic E-state index is 12.1. The molecule has 1 aliphatic rings. The summed E-state index contributed by atoms with van der Waals surface area (Å²) in [6.07, 6.45) is 0.860. The molecule has 5 heteroatoms. The Balaban J connectivity index is 2.13. The summed E-state index contributed by atoms with van der Waals surface area (Å²) in [6, 6.07) is 11.6. The molecule has 1 aliphatic heterocycles. The predicted molar refractivity (Wildman–Crippen MR) is 92.5 cm³/mol. The highest BCUT2D eigenvalue weighted by Crippen LogP contribution is 2.30. The Hall–Kier alpha value is -1.46. The third kappa shape index (κ3) is 2.80. The first-order valence-corrected chi connectivity index (χ1v) is 8.15. The molecule has 0 atom stereocenters. The summed E-state index contributed by atoms with van der Waals surface area (Å²) >= 11 is 6.90. The van der Waals surface area contributed by atoms with E-state index in [0.717, 1.165) is 37.9 Å². The SMILES string of the molecule is CCc1cc(Br)ccc1N=C1C(=O)Nc2ccc(Br)cc21. The van der Waals surface area contributed by atoms with Gasteiger partial charge in [-0.05, 0) is 48.4 Å². The maximum atomic E-state index is 12.1. The first-order valence-electron chi connectivity index (χ1n) is 6.57. The van der Waals surface area contributed by atoms with Crippen LogP contribution in [0.5, 0.6) is 0 Å². The molecule has 0 radical (unpaired) electrons. The van der Waals surface area contributed by atoms with Gasteiger partial charge < -0.3 is 5.32 Å². The molecule has 0 spiro atoms. The number of rotatable bonds is 2. The van der Waals surface area contributed by atoms with E-state index in [0.29, 0.717) is 5.71 Å². The van der Waals surface area contributed by atoms with E-state index in [1.54, 1.807) is 0 Å². The summed E-state index contributed by atoms with van der Waals surface area (Å²) in [7, 11) is 0. The minimum atomic E-state index is -0.159. The van der Waals surface area contributed by atoms with Crippen LogP contribution in [0.3, 0.4) is 0 Å². The second kappa shape index (κ2) is 5.73. The van der Waals surface area contributed by atoms with E-state index in [4.69, 9.17) is 0 Å². The highest BCUT2D eigenvalue weighted by atomic mass is 79.9. The standard InChI is InChI=1S/C16H12Br2N2O/c1-2-9-7-10(17)3-5-13(9)19-15-12-8-11(18)4-6-14(12)20-16(15)21/h3-8H,2H2,1H3,(H,19,20,21). The van der Waals surface area contributed by atoms with Gasteiger partial charge >= 0.3 is 0 Å². The summed E-state index contributed by atoms with van der Waals surface area (Å²) in [4.78, 5) is 16.7. The number of amides is 1. The number of fused-ring (bicyclic) bond motifs is 1. The van der Waals surface area contributed by atoms with Crippen molar-refractivity contribution in [3.05, 3.63) is 56.5 Å². The Morgan fingerprint density at radius 3 is 2.57 bits per heavy atom. The van der Waals surface area contributed by atoms with Crippen molar-refractivity contribution in [3.63, 3.8) is 0 Å². The van der Waals surface area contributed by atoms with Crippen LogP contribution in [0.4, 0.5) is 11.4 Å². The number of halogens is 2. The molecule has 3 rings (SSSR count). The zero-order chi connectivity index (χ0) is 15.0. The number of hydrogen-bond acceptors (Lipinski definition) is 2. The fourth-order valence-electron chi connectivity index (χ4n) is 2.30. The lowest BCUT2D eigenvalue weighted by atomic mass is 10.1. The molecule has 1 N–H and O–H groups in total. The molecule has 21 heavy (non-hydrogen) atoms. The van der Waals surface area contributed by atoms with Gasteiger partial charge in [0.2, 0.25) is 0 Å². The number of anilines is 1. The van der Waals surface area contributed by atoms with E-state index in [9.17, 15) is 4.79 Å². The quantitative estimate of drug-likeness (QED) is 0.759. The molecule has 2 aromatic rings. The van der Waals surface area contributed by atoms with Gasteiger partial charge in [0.05, 0.1) is 11.4 Å². The van der Waals surface area contributed by atoms with Gasteiger partial charge in [-0.2, -0.15) is 0 Å². The smallest absolute Gasteiger partial charge is 0.275 e. The minimum absolute atomic E-state index is 0.159. The lowest BCUT2D eigenvalue weighted by molar-refractivity contribution is -0.110. The van der Waals surface area contributed by atoms with Crippen LogP contribution < -0.4 is 5.32 Å². The van der Waals surface area contributed by atoms with Crippen molar-refractivity contribution in [1.29, 1.82) is 0 Å². The van der Waals surface area contributed by atoms with Crippen LogP contribution in [0.25, 0.3) is 0 Å². The zero-order valence-corrected chi connectivity index (χ0v) is 14.5. The molecule has 0 bridgehead atoms. The van der Waals surface area contributed by atoms with Crippen LogP contribution in [0.15, 0.2) is 50.3 Å². The number of benzene rings is 2. The van der Waals surface area contributed by atoms with Gasteiger partial charge in [-0.3, -0.25) is 4.79 Å². The van der Waals surface area contributed by atoms with Crippen molar-refractivity contribution < 1.29 is 4.79 Å². The van der Waals surface area contributed by atoms with Crippen LogP contribution in [-0.2, 0) is 11.2 Å². The molecule has 2 aromatic carbocycles. The Kier molecular flexibility index (Phi) is 3.95. The van der Waals surface area contributed by atoms with E-state index in [1.807, 2.05) is 36.4 Å². The van der Waals surface area contributed by atoms with E-state index in [-0.39, 0.29) is 5.91 Å². The monoisotopic (exact) mass is 406 g/mol. The molecule has 0 fully saturated rings. The lowest BCUT2D eigenvalue weighted by Crippen LogP contribution is -2.14. The Morgan fingerprint density at radius 1 is 1.10 bits per heavy atom. The van der Waals surface area contributed by atoms with Crippen molar-refractivity contribution in [3.8, 4) is 0 Å². The first kappa shape index (κ1) is 14.5. The largest absolute Gasteiger partial charge is 0.320 e. The average molecular weight is 408 g/mol. The molecule has 106 valence electrons. The number of nitrogens with one attached hydrogen (secondary N) is 1. The normalized spacial score (nSPS) is 15.2. The zero-order valence-electron chi connectivity index (χ0n) is 11.3. The highest BCUT2D eigenvalue weighted by molar-refractivity contribution is 9.10. The van der Waals surface area contributed by atoms with Crippen molar-refractivity contribution >= 4 is 54.9 Å². The second-order valence-corrected chi connectivity index (χ2v) is 6.56. The van der Waals surface area contributed by atoms with Gasteiger partial charge in [0.15, 0.2) is 0 Å². The maximum Gasteiger partial charge on any atom is 0.275 e. The predicted octanol–water partition coefficient (Wildman–Crippen LogP) is 4.85. The summed E-state index contributed by atoms with van der Waals surface area (Å²) in [5.41, 5.74) is 4.03. The number of carbonyl (C=O) groups excluding carboxylic acids is 1. The Labute approximate surface area is 139 Å². The minimum Gasteiger partial charge on any atom is -0.320 e. The van der Waals surface area contributed by atoms with Gasteiger partial charge in [-0.1, -0.05) is 38.8 Å². The Bertz CT molecular complexity index is 769. The van der Waals surface area contributed by atoms with Crippen LogP contribution in [0.1, 0.15) is 18.1 Å². The summed E-state index contributed by atoms with van der Waals surface area (Å²) < 4.78 is 1.94. The topological polar surface area (TPSA) is 41.5 Å². The van der Waals surface area contributed by atoms with Gasteiger partial charge in [0.25, 0.3) is 5.91 Å². The molecule has 3 nitrogen and oxygen atoms in total. The van der Waals surface area contributed by atoms with Crippen LogP contribution >= 0.6 is 31.9 Å². The van der Waals surface area contributed by atoms with E-state index in [1.165, 1.54) is 0 Å². The fraction of sp³-hybridized carbons (Fsp3) is 0.125. The number of aryl methyl sites for hydroxylation is 1. The molecule has 1 amide bonds. The number of aliphatic imine (C=N–C) groups is 1. The average Bonchev–Trinajstić information content (AvgIpc) is 2.76. The van der Waals surface area contributed by atoms with Crippen molar-refractivity contribution in [2.75, 3.05) is 5.32 Å². The van der Waals surface area contributed by atoms with Crippen LogP contribution in [0, 0.1) is 0 Å². The third-order valence-electron chi connectivity index (χ3n) is 3.35. The molecule has 0 unspecified atom stereocenters. The third-order valence-corrected chi connectivity index (χ3v) is 4.34. The van der Waals surface area contributed by atoms with Gasteiger partial charge in [-0.25, -0.2) is 4.99 Å². The summed E-state index contributed by atoms with van der Waals surface area (Å²) in [5, 5.41) is 2.84. The van der Waals surface area contributed by atoms with Crippen molar-refractivity contribution in [1.82, 2.24) is 0 Å². The fourth-order valence-corrected chi connectivity index (χ4v) is 3.07. The molecular formula is C16H12Br2N2O. The summed E-state index contributed by atoms with van der Waals surface area (Å²) in [6.45, 7) is 2.07. The number of hydrogen-bond donors (Lipinski definition) is 1. The van der Waals surface area contributed by atoms with Crippen molar-refractivity contribution in [2.24, 2.45) is 4.99 Å². The molecular weight excluding hydrogens is 396 g/mol. The first-order chi connectivity index (χ1) is 10.1. The van der Waals surface area contributed by atoms with Gasteiger partial charge in [0, 0.05) is 14.5 Å². The van der Waals surface area contributed by atoms with Crippen molar-refractivity contribution in [2.45, 2.75) is 13.3 Å². The molecule has 0 aromatic heterocycles. The van der Waals surface area contributed by atoms with Gasteiger partial charge in [-0.15, -0.1) is 0 Å². The summed E-state index contributed by atoms with van der Waals surface area (Å²) in [5.74, 6) is -0.159. The number of carbonyl (C=O) groups is 1. The highest BCUT2D eigenvalue weighted by Gasteiger charge is 2.26. The number of nitrogens with zero attached hydrogens (tertiary/aromatic N) is 1. The second-order valence-electron chi connectivity index (χ2n) is 4.73. The van der Waals surface area contributed by atoms with Crippen LogP contribution in [-0.4, -0.2) is 11.6 Å². The molecule has 1 heterocycles. The van der Waals surface area contributed by atoms with E-state index in [2.05, 4.69) is 49.1 Å². The van der Waals surface area contributed by atoms with E-state index >= 15 is 0 Å². The van der Waals surface area contributed by atoms with E-state index < -0.39 is 0 Å². The van der Waals surface area contributed by atoms with Crippen LogP contribution in [0.2, 0.25) is 0 Å². The molecule has 0 saturated heterocycles. The molecule has 0 aliphatic carbocycles. The Morgan fingerprint density at radius 2 is 1.81 bits per heavy atom. The van der Waals surface area contributed by atoms with Gasteiger partial charge in [0.1, 0.15) is 5.71 Å². The lowest BCUT2D eigenvalue weighted by Gasteiger charge is -2.05. The molecule has 0 saturated carbocycles.